The van der Waals surface area contributed by atoms with Crippen molar-refractivity contribution in [1.82, 2.24) is 0 Å². The summed E-state index contributed by atoms with van der Waals surface area (Å²) in [7, 11) is 0. The third-order valence-electron chi connectivity index (χ3n) is 13.2. The maximum absolute atomic E-state index is 8.07. The molecule has 0 N–H and O–H groups in total. The molecule has 0 saturated carbocycles. The molecule has 1 aromatic heterocycles. The van der Waals surface area contributed by atoms with Crippen LogP contribution in [-0.2, 0) is 36.5 Å². The van der Waals surface area contributed by atoms with Crippen LogP contribution in [0.5, 0.6) is 0 Å². The molecule has 1 aliphatic carbocycles. The first-order valence-corrected chi connectivity index (χ1v) is 24.5. The third-order valence-corrected chi connectivity index (χ3v) is 14.5. The van der Waals surface area contributed by atoms with Crippen LogP contribution < -0.4 is 9.80 Å². The van der Waals surface area contributed by atoms with E-state index in [0.717, 1.165) is 66.3 Å². The SMILES string of the molecule is CCCCc1ccc(N(c2ccc(CCCC)cc2)c2cc(CCCC)cc(N(c3ccc4c(c3)C(C)(C)CCC4(C)C)c3csc4cc(CCCC)ccc34)c2Cl)cc1. The zero-order valence-corrected chi connectivity index (χ0v) is 39.5. The Balaban J connectivity index is 1.47. The molecule has 1 heterocycles. The van der Waals surface area contributed by atoms with Gasteiger partial charge in [-0.05, 0) is 163 Å². The smallest absolute Gasteiger partial charge is 0.0887 e. The van der Waals surface area contributed by atoms with Crippen molar-refractivity contribution in [2.45, 2.75) is 156 Å². The Hall–Kier alpha value is -4.05. The first-order valence-electron chi connectivity index (χ1n) is 23.2. The Morgan fingerprint density at radius 2 is 0.950 bits per heavy atom. The van der Waals surface area contributed by atoms with Gasteiger partial charge in [-0.2, -0.15) is 0 Å². The van der Waals surface area contributed by atoms with Crippen LogP contribution in [0.25, 0.3) is 10.1 Å². The molecule has 60 heavy (non-hydrogen) atoms. The number of rotatable bonds is 18. The molecule has 1 aliphatic rings. The summed E-state index contributed by atoms with van der Waals surface area (Å²) in [6.45, 7) is 18.8. The van der Waals surface area contributed by atoms with Crippen LogP contribution in [0.15, 0.2) is 102 Å². The fraction of sp³-hybridized carbons (Fsp3) is 0.429. The van der Waals surface area contributed by atoms with Crippen LogP contribution in [0, 0.1) is 0 Å². The number of unbranched alkanes of at least 4 members (excludes halogenated alkanes) is 4. The summed E-state index contributed by atoms with van der Waals surface area (Å²) < 4.78 is 1.33. The highest BCUT2D eigenvalue weighted by molar-refractivity contribution is 7.17. The second-order valence-electron chi connectivity index (χ2n) is 18.8. The summed E-state index contributed by atoms with van der Waals surface area (Å²) in [6.07, 6.45) is 16.1. The van der Waals surface area contributed by atoms with Crippen LogP contribution in [0.1, 0.15) is 153 Å². The van der Waals surface area contributed by atoms with Gasteiger partial charge >= 0.3 is 0 Å². The molecule has 0 fully saturated rings. The van der Waals surface area contributed by atoms with Gasteiger partial charge in [-0.3, -0.25) is 0 Å². The lowest BCUT2D eigenvalue weighted by atomic mass is 9.63. The minimum atomic E-state index is 0.0682. The number of benzene rings is 5. The van der Waals surface area contributed by atoms with Crippen LogP contribution in [0.3, 0.4) is 0 Å². The van der Waals surface area contributed by atoms with E-state index in [2.05, 4.69) is 168 Å². The van der Waals surface area contributed by atoms with Crippen molar-refractivity contribution in [1.29, 1.82) is 0 Å². The van der Waals surface area contributed by atoms with Crippen molar-refractivity contribution in [3.8, 4) is 0 Å². The van der Waals surface area contributed by atoms with E-state index in [4.69, 9.17) is 11.6 Å². The van der Waals surface area contributed by atoms with Gasteiger partial charge in [0.1, 0.15) is 0 Å². The number of anilines is 6. The van der Waals surface area contributed by atoms with Crippen molar-refractivity contribution in [2.24, 2.45) is 0 Å². The predicted octanol–water partition coefficient (Wildman–Crippen LogP) is 18.2. The Kier molecular flexibility index (Phi) is 14.2. The fourth-order valence-electron chi connectivity index (χ4n) is 9.21. The molecule has 0 saturated heterocycles. The van der Waals surface area contributed by atoms with Gasteiger partial charge in [-0.15, -0.1) is 11.3 Å². The molecule has 0 bridgehead atoms. The van der Waals surface area contributed by atoms with Crippen molar-refractivity contribution in [2.75, 3.05) is 9.80 Å². The van der Waals surface area contributed by atoms with Crippen molar-refractivity contribution in [3.05, 3.63) is 141 Å². The quantitative estimate of drug-likeness (QED) is 0.0851. The molecular weight excluding hydrogens is 768 g/mol. The zero-order valence-electron chi connectivity index (χ0n) is 37.9. The fourth-order valence-corrected chi connectivity index (χ4v) is 10.5. The Bertz CT molecular complexity index is 2300. The Morgan fingerprint density at radius 1 is 0.483 bits per heavy atom. The van der Waals surface area contributed by atoms with Gasteiger partial charge in [0.05, 0.1) is 22.1 Å². The lowest BCUT2D eigenvalue weighted by molar-refractivity contribution is 0.332. The monoisotopic (exact) mass is 836 g/mol. The highest BCUT2D eigenvalue weighted by Gasteiger charge is 2.38. The first kappa shape index (κ1) is 44.0. The molecule has 0 unspecified atom stereocenters. The Labute approximate surface area is 372 Å². The normalized spacial score (nSPS) is 14.3. The van der Waals surface area contributed by atoms with Crippen molar-refractivity contribution < 1.29 is 0 Å². The molecule has 6 aromatic rings. The van der Waals surface area contributed by atoms with Crippen LogP contribution >= 0.6 is 22.9 Å². The van der Waals surface area contributed by atoms with E-state index in [1.807, 2.05) is 11.3 Å². The third kappa shape index (κ3) is 9.54. The molecule has 4 heteroatoms. The van der Waals surface area contributed by atoms with Gasteiger partial charge in [0, 0.05) is 32.5 Å². The molecule has 2 nitrogen and oxygen atoms in total. The average molecular weight is 838 g/mol. The second kappa shape index (κ2) is 19.3. The second-order valence-corrected chi connectivity index (χ2v) is 20.1. The minimum Gasteiger partial charge on any atom is -0.309 e. The van der Waals surface area contributed by atoms with Crippen molar-refractivity contribution >= 4 is 67.1 Å². The average Bonchev–Trinajstić information content (AvgIpc) is 3.67. The highest BCUT2D eigenvalue weighted by Crippen LogP contribution is 2.52. The molecule has 0 amide bonds. The number of fused-ring (bicyclic) bond motifs is 2. The first-order chi connectivity index (χ1) is 29.0. The van der Waals surface area contributed by atoms with E-state index < -0.39 is 0 Å². The Morgan fingerprint density at radius 3 is 1.50 bits per heavy atom. The van der Waals surface area contributed by atoms with Crippen LogP contribution in [0.4, 0.5) is 34.1 Å². The topological polar surface area (TPSA) is 6.48 Å². The van der Waals surface area contributed by atoms with Gasteiger partial charge < -0.3 is 9.80 Å². The minimum absolute atomic E-state index is 0.0682. The molecule has 0 aliphatic heterocycles. The van der Waals surface area contributed by atoms with Gasteiger partial charge in [-0.1, -0.05) is 135 Å². The lowest BCUT2D eigenvalue weighted by Gasteiger charge is -2.42. The van der Waals surface area contributed by atoms with Crippen molar-refractivity contribution in [3.63, 3.8) is 0 Å². The molecular formula is C56H69ClN2S. The maximum atomic E-state index is 8.07. The lowest BCUT2D eigenvalue weighted by Crippen LogP contribution is -2.34. The van der Waals surface area contributed by atoms with Crippen LogP contribution in [0.2, 0.25) is 5.02 Å². The number of thiophene rings is 1. The van der Waals surface area contributed by atoms with E-state index in [1.165, 1.54) is 106 Å². The summed E-state index contributed by atoms with van der Waals surface area (Å²) in [5.74, 6) is 0. The molecule has 0 atom stereocenters. The summed E-state index contributed by atoms with van der Waals surface area (Å²) in [4.78, 5) is 4.92. The number of hydrogen-bond acceptors (Lipinski definition) is 3. The summed E-state index contributed by atoms with van der Waals surface area (Å²) >= 11 is 9.92. The van der Waals surface area contributed by atoms with Gasteiger partial charge in [0.25, 0.3) is 0 Å². The molecule has 5 aromatic carbocycles. The summed E-state index contributed by atoms with van der Waals surface area (Å²) in [6, 6.07) is 37.7. The summed E-state index contributed by atoms with van der Waals surface area (Å²) in [5.41, 5.74) is 15.3. The van der Waals surface area contributed by atoms with Crippen LogP contribution in [-0.4, -0.2) is 0 Å². The van der Waals surface area contributed by atoms with Gasteiger partial charge in [-0.25, -0.2) is 0 Å². The highest BCUT2D eigenvalue weighted by atomic mass is 35.5. The molecule has 0 radical (unpaired) electrons. The van der Waals surface area contributed by atoms with Gasteiger partial charge in [0.15, 0.2) is 0 Å². The standard InChI is InChI=1S/C56H69ClN2S/c1-9-13-17-40-21-26-44(27-22-40)58(45-28-23-41(24-29-45)18-14-10-2)50-35-43(20-16-12-4)36-51(54(50)57)59(52-39-60-53-37-42(19-15-11-3)25-31-47(52)53)46-30-32-48-49(38-46)56(7,8)34-33-55(48,5)6/h21-32,35-39H,9-20,33-34H2,1-8H3. The molecule has 0 spiro atoms. The predicted molar refractivity (Wildman–Crippen MR) is 266 cm³/mol. The van der Waals surface area contributed by atoms with E-state index in [-0.39, 0.29) is 10.8 Å². The number of hydrogen-bond donors (Lipinski definition) is 0. The largest absolute Gasteiger partial charge is 0.309 e. The molecule has 7 rings (SSSR count). The molecule has 316 valence electrons. The number of nitrogens with zero attached hydrogens (tertiary/aromatic N) is 2. The van der Waals surface area contributed by atoms with E-state index >= 15 is 0 Å². The van der Waals surface area contributed by atoms with E-state index in [9.17, 15) is 0 Å². The van der Waals surface area contributed by atoms with Gasteiger partial charge in [0.2, 0.25) is 0 Å². The number of halogens is 1. The van der Waals surface area contributed by atoms with E-state index in [0.29, 0.717) is 0 Å². The number of aryl methyl sites for hydroxylation is 4. The summed E-state index contributed by atoms with van der Waals surface area (Å²) in [5, 5.41) is 4.41. The van der Waals surface area contributed by atoms with E-state index in [1.54, 1.807) is 0 Å². The zero-order chi connectivity index (χ0) is 42.4. The maximum Gasteiger partial charge on any atom is 0.0887 e.